The highest BCUT2D eigenvalue weighted by Gasteiger charge is 2.34. The Morgan fingerprint density at radius 2 is 2.08 bits per heavy atom. The number of hydrogen-bond donors (Lipinski definition) is 1. The maximum absolute atomic E-state index is 12.6. The van der Waals surface area contributed by atoms with Gasteiger partial charge in [0.05, 0.1) is 11.5 Å². The van der Waals surface area contributed by atoms with E-state index in [0.717, 1.165) is 5.56 Å². The maximum Gasteiger partial charge on any atom is 0.317 e. The van der Waals surface area contributed by atoms with Gasteiger partial charge in [0.2, 0.25) is 0 Å². The molecule has 1 aromatic carbocycles. The van der Waals surface area contributed by atoms with Gasteiger partial charge in [-0.05, 0) is 38.2 Å². The normalized spacial score (nSPS) is 19.4. The van der Waals surface area contributed by atoms with Crippen LogP contribution in [0.4, 0.5) is 4.79 Å². The molecule has 2 rings (SSSR count). The minimum absolute atomic E-state index is 0.0466. The van der Waals surface area contributed by atoms with Crippen molar-refractivity contribution in [2.24, 2.45) is 0 Å². The second kappa shape index (κ2) is 8.18. The van der Waals surface area contributed by atoms with E-state index in [1.165, 1.54) is 0 Å². The highest BCUT2D eigenvalue weighted by Crippen LogP contribution is 2.18. The number of amides is 2. The van der Waals surface area contributed by atoms with Crippen molar-refractivity contribution in [3.63, 3.8) is 0 Å². The van der Waals surface area contributed by atoms with Gasteiger partial charge in [-0.1, -0.05) is 23.7 Å². The summed E-state index contributed by atoms with van der Waals surface area (Å²) < 4.78 is 23.5. The summed E-state index contributed by atoms with van der Waals surface area (Å²) in [6.07, 6.45) is 0.500. The first-order valence-electron chi connectivity index (χ1n) is 7.91. The van der Waals surface area contributed by atoms with Gasteiger partial charge in [0.15, 0.2) is 9.84 Å². The summed E-state index contributed by atoms with van der Waals surface area (Å²) >= 11 is 5.95. The Hall–Kier alpha value is -1.31. The average molecular weight is 374 g/mol. The maximum atomic E-state index is 12.6. The lowest BCUT2D eigenvalue weighted by Crippen LogP contribution is -2.49. The molecule has 1 atom stereocenters. The van der Waals surface area contributed by atoms with Crippen molar-refractivity contribution in [3.05, 3.63) is 34.9 Å². The van der Waals surface area contributed by atoms with Gasteiger partial charge in [0, 0.05) is 30.7 Å². The summed E-state index contributed by atoms with van der Waals surface area (Å²) in [4.78, 5) is 16.2. The number of nitrogens with one attached hydrogen (secondary N) is 1. The third kappa shape index (κ3) is 5.65. The van der Waals surface area contributed by atoms with E-state index in [-0.39, 0.29) is 23.6 Å². The van der Waals surface area contributed by atoms with E-state index in [9.17, 15) is 13.2 Å². The van der Waals surface area contributed by atoms with Gasteiger partial charge in [-0.25, -0.2) is 13.2 Å². The van der Waals surface area contributed by atoms with Crippen LogP contribution >= 0.6 is 11.6 Å². The zero-order valence-corrected chi connectivity index (χ0v) is 15.6. The molecule has 1 heterocycles. The minimum atomic E-state index is -3.04. The molecule has 0 saturated carbocycles. The van der Waals surface area contributed by atoms with Crippen molar-refractivity contribution < 1.29 is 13.2 Å². The second-order valence-electron chi connectivity index (χ2n) is 6.34. The van der Waals surface area contributed by atoms with Gasteiger partial charge >= 0.3 is 6.03 Å². The summed E-state index contributed by atoms with van der Waals surface area (Å²) in [5.74, 6) is 0.197. The number of halogens is 1. The number of hydrogen-bond acceptors (Lipinski definition) is 4. The molecular weight excluding hydrogens is 350 g/mol. The van der Waals surface area contributed by atoms with Crippen LogP contribution in [0.3, 0.4) is 0 Å². The zero-order chi connectivity index (χ0) is 17.7. The SMILES string of the molecule is CN(C)CCN(C(=O)NCc1cccc(Cl)c1)C1CCS(=O)(=O)C1. The van der Waals surface area contributed by atoms with Crippen LogP contribution in [0.5, 0.6) is 0 Å². The molecule has 1 N–H and O–H groups in total. The molecule has 0 aliphatic carbocycles. The van der Waals surface area contributed by atoms with Crippen LogP contribution in [0, 0.1) is 0 Å². The molecule has 0 radical (unpaired) electrons. The van der Waals surface area contributed by atoms with Gasteiger partial charge in [0.1, 0.15) is 0 Å². The number of urea groups is 1. The van der Waals surface area contributed by atoms with Crippen molar-refractivity contribution in [3.8, 4) is 0 Å². The summed E-state index contributed by atoms with van der Waals surface area (Å²) in [7, 11) is 0.810. The molecule has 1 saturated heterocycles. The van der Waals surface area contributed by atoms with Gasteiger partial charge in [-0.15, -0.1) is 0 Å². The Morgan fingerprint density at radius 3 is 2.67 bits per heavy atom. The molecular formula is C16H24ClN3O3S. The first-order chi connectivity index (χ1) is 11.3. The van der Waals surface area contributed by atoms with Crippen molar-refractivity contribution >= 4 is 27.5 Å². The monoisotopic (exact) mass is 373 g/mol. The average Bonchev–Trinajstić information content (AvgIpc) is 2.85. The quantitative estimate of drug-likeness (QED) is 0.822. The molecule has 1 aromatic rings. The minimum Gasteiger partial charge on any atom is -0.334 e. The lowest BCUT2D eigenvalue weighted by molar-refractivity contribution is 0.172. The fraction of sp³-hybridized carbons (Fsp3) is 0.562. The number of nitrogens with zero attached hydrogens (tertiary/aromatic N) is 2. The number of likely N-dealkylation sites (N-methyl/N-ethyl adjacent to an activating group) is 1. The van der Waals surface area contributed by atoms with Crippen LogP contribution in [0.15, 0.2) is 24.3 Å². The predicted octanol–water partition coefficient (Wildman–Crippen LogP) is 1.60. The largest absolute Gasteiger partial charge is 0.334 e. The molecule has 0 bridgehead atoms. The Morgan fingerprint density at radius 1 is 1.33 bits per heavy atom. The first kappa shape index (κ1) is 19.0. The molecule has 0 spiro atoms. The fourth-order valence-corrected chi connectivity index (χ4v) is 4.65. The van der Waals surface area contributed by atoms with Crippen LogP contribution in [-0.4, -0.2) is 69.0 Å². The predicted molar refractivity (Wildman–Crippen MR) is 96.0 cm³/mol. The lowest BCUT2D eigenvalue weighted by atomic mass is 10.2. The zero-order valence-electron chi connectivity index (χ0n) is 14.0. The Labute approximate surface area is 148 Å². The van der Waals surface area contributed by atoms with Crippen molar-refractivity contribution in [2.45, 2.75) is 19.0 Å². The Balaban J connectivity index is 2.01. The fourth-order valence-electron chi connectivity index (χ4n) is 2.71. The molecule has 134 valence electrons. The standard InChI is InChI=1S/C16H24ClN3O3S/c1-19(2)7-8-20(15-6-9-24(22,23)12-15)16(21)18-11-13-4-3-5-14(17)10-13/h3-5,10,15H,6-9,11-12H2,1-2H3,(H,18,21). The molecule has 24 heavy (non-hydrogen) atoms. The molecule has 0 aromatic heterocycles. The van der Waals surface area contributed by atoms with E-state index in [2.05, 4.69) is 5.32 Å². The van der Waals surface area contributed by atoms with E-state index in [4.69, 9.17) is 11.6 Å². The van der Waals surface area contributed by atoms with Crippen LogP contribution < -0.4 is 5.32 Å². The summed E-state index contributed by atoms with van der Waals surface area (Å²) in [5.41, 5.74) is 0.905. The molecule has 1 fully saturated rings. The highest BCUT2D eigenvalue weighted by atomic mass is 35.5. The van der Waals surface area contributed by atoms with Crippen LogP contribution in [0.2, 0.25) is 5.02 Å². The third-order valence-electron chi connectivity index (χ3n) is 4.03. The van der Waals surface area contributed by atoms with Crippen molar-refractivity contribution in [1.82, 2.24) is 15.1 Å². The topological polar surface area (TPSA) is 69.7 Å². The molecule has 2 amide bonds. The Kier molecular flexibility index (Phi) is 6.48. The summed E-state index contributed by atoms with van der Waals surface area (Å²) in [6, 6.07) is 6.80. The van der Waals surface area contributed by atoms with Crippen molar-refractivity contribution in [2.75, 3.05) is 38.7 Å². The van der Waals surface area contributed by atoms with E-state index < -0.39 is 9.84 Å². The van der Waals surface area contributed by atoms with E-state index in [0.29, 0.717) is 31.1 Å². The molecule has 6 nitrogen and oxygen atoms in total. The number of rotatable bonds is 6. The summed E-state index contributed by atoms with van der Waals surface area (Å²) in [6.45, 7) is 1.53. The highest BCUT2D eigenvalue weighted by molar-refractivity contribution is 7.91. The van der Waals surface area contributed by atoms with Gasteiger partial charge in [0.25, 0.3) is 0 Å². The molecule has 1 aliphatic heterocycles. The molecule has 1 unspecified atom stereocenters. The third-order valence-corrected chi connectivity index (χ3v) is 6.02. The van der Waals surface area contributed by atoms with Gasteiger partial charge < -0.3 is 15.1 Å². The van der Waals surface area contributed by atoms with Crippen LogP contribution in [-0.2, 0) is 16.4 Å². The molecule has 8 heteroatoms. The Bertz CT molecular complexity index is 679. The molecule has 1 aliphatic rings. The van der Waals surface area contributed by atoms with Crippen LogP contribution in [0.1, 0.15) is 12.0 Å². The van der Waals surface area contributed by atoms with Crippen LogP contribution in [0.25, 0.3) is 0 Å². The second-order valence-corrected chi connectivity index (χ2v) is 9.01. The number of carbonyl (C=O) groups excluding carboxylic acids is 1. The smallest absolute Gasteiger partial charge is 0.317 e. The van der Waals surface area contributed by atoms with Gasteiger partial charge in [-0.2, -0.15) is 0 Å². The van der Waals surface area contributed by atoms with Crippen molar-refractivity contribution in [1.29, 1.82) is 0 Å². The summed E-state index contributed by atoms with van der Waals surface area (Å²) in [5, 5.41) is 3.49. The van der Waals surface area contributed by atoms with E-state index in [1.54, 1.807) is 17.0 Å². The lowest BCUT2D eigenvalue weighted by Gasteiger charge is -2.29. The first-order valence-corrected chi connectivity index (χ1v) is 10.1. The number of benzene rings is 1. The van der Waals surface area contributed by atoms with Gasteiger partial charge in [-0.3, -0.25) is 0 Å². The number of sulfone groups is 1. The van der Waals surface area contributed by atoms with E-state index in [1.807, 2.05) is 31.1 Å². The van der Waals surface area contributed by atoms with E-state index >= 15 is 0 Å². The number of carbonyl (C=O) groups is 1.